The standard InChI is InChI=1S/C19H18N2O2/c1-13(15-8-4-6-10-18(15)23-2)20-19(22)17-12-11-14-7-3-5-9-16(14)21-17/h3-13H,1-2H3,(H,20,22)/t13-/m1/s1. The van der Waals surface area contributed by atoms with Crippen molar-refractivity contribution < 1.29 is 9.53 Å². The van der Waals surface area contributed by atoms with E-state index in [9.17, 15) is 4.79 Å². The molecule has 1 atom stereocenters. The molecule has 4 heteroatoms. The number of carbonyl (C=O) groups is 1. The quantitative estimate of drug-likeness (QED) is 0.799. The Hall–Kier alpha value is -2.88. The molecule has 0 saturated carbocycles. The van der Waals surface area contributed by atoms with Gasteiger partial charge in [-0.2, -0.15) is 0 Å². The number of methoxy groups -OCH3 is 1. The predicted molar refractivity (Wildman–Crippen MR) is 90.6 cm³/mol. The van der Waals surface area contributed by atoms with E-state index in [1.807, 2.05) is 61.5 Å². The maximum absolute atomic E-state index is 12.5. The summed E-state index contributed by atoms with van der Waals surface area (Å²) in [6.45, 7) is 1.93. The van der Waals surface area contributed by atoms with Crippen LogP contribution >= 0.6 is 0 Å². The molecule has 0 aliphatic heterocycles. The van der Waals surface area contributed by atoms with Gasteiger partial charge in [-0.3, -0.25) is 4.79 Å². The zero-order valence-electron chi connectivity index (χ0n) is 13.1. The fourth-order valence-corrected chi connectivity index (χ4v) is 2.56. The largest absolute Gasteiger partial charge is 0.496 e. The van der Waals surface area contributed by atoms with Crippen molar-refractivity contribution in [2.24, 2.45) is 0 Å². The van der Waals surface area contributed by atoms with Crippen LogP contribution in [0.25, 0.3) is 10.9 Å². The molecule has 4 nitrogen and oxygen atoms in total. The molecule has 2 aromatic carbocycles. The first-order valence-corrected chi connectivity index (χ1v) is 7.48. The zero-order valence-corrected chi connectivity index (χ0v) is 13.1. The van der Waals surface area contributed by atoms with Crippen molar-refractivity contribution in [2.75, 3.05) is 7.11 Å². The Morgan fingerprint density at radius 2 is 1.78 bits per heavy atom. The van der Waals surface area contributed by atoms with Crippen LogP contribution in [0.5, 0.6) is 5.75 Å². The summed E-state index contributed by atoms with van der Waals surface area (Å²) in [6, 6.07) is 18.9. The summed E-state index contributed by atoms with van der Waals surface area (Å²) < 4.78 is 5.34. The lowest BCUT2D eigenvalue weighted by Crippen LogP contribution is -2.27. The van der Waals surface area contributed by atoms with Crippen LogP contribution in [-0.4, -0.2) is 18.0 Å². The molecule has 23 heavy (non-hydrogen) atoms. The van der Waals surface area contributed by atoms with Crippen LogP contribution in [0.3, 0.4) is 0 Å². The van der Waals surface area contributed by atoms with Crippen molar-refractivity contribution in [2.45, 2.75) is 13.0 Å². The third-order valence-corrected chi connectivity index (χ3v) is 3.78. The first-order valence-electron chi connectivity index (χ1n) is 7.48. The van der Waals surface area contributed by atoms with Gasteiger partial charge in [0, 0.05) is 10.9 Å². The van der Waals surface area contributed by atoms with Gasteiger partial charge < -0.3 is 10.1 Å². The smallest absolute Gasteiger partial charge is 0.270 e. The van der Waals surface area contributed by atoms with Crippen LogP contribution in [0.1, 0.15) is 29.0 Å². The van der Waals surface area contributed by atoms with Crippen LogP contribution in [0.4, 0.5) is 0 Å². The number of para-hydroxylation sites is 2. The minimum Gasteiger partial charge on any atom is -0.496 e. The number of nitrogens with zero attached hydrogens (tertiary/aromatic N) is 1. The molecular formula is C19H18N2O2. The summed E-state index contributed by atoms with van der Waals surface area (Å²) in [5.41, 5.74) is 2.15. The lowest BCUT2D eigenvalue weighted by molar-refractivity contribution is 0.0935. The molecule has 0 unspecified atom stereocenters. The van der Waals surface area contributed by atoms with Crippen LogP contribution < -0.4 is 10.1 Å². The van der Waals surface area contributed by atoms with Crippen molar-refractivity contribution >= 4 is 16.8 Å². The normalized spacial score (nSPS) is 11.9. The van der Waals surface area contributed by atoms with E-state index in [4.69, 9.17) is 4.74 Å². The Morgan fingerprint density at radius 1 is 1.04 bits per heavy atom. The third-order valence-electron chi connectivity index (χ3n) is 3.78. The van der Waals surface area contributed by atoms with Crippen LogP contribution in [0, 0.1) is 0 Å². The van der Waals surface area contributed by atoms with E-state index >= 15 is 0 Å². The fourth-order valence-electron chi connectivity index (χ4n) is 2.56. The van der Waals surface area contributed by atoms with Crippen LogP contribution in [0.2, 0.25) is 0 Å². The Bertz CT molecular complexity index is 845. The van der Waals surface area contributed by atoms with Gasteiger partial charge in [0.2, 0.25) is 0 Å². The van der Waals surface area contributed by atoms with Gasteiger partial charge in [0.1, 0.15) is 11.4 Å². The number of rotatable bonds is 4. The summed E-state index contributed by atoms with van der Waals surface area (Å²) in [5, 5.41) is 3.99. The molecule has 1 aromatic heterocycles. The molecule has 0 spiro atoms. The molecule has 0 fully saturated rings. The molecule has 0 saturated heterocycles. The van der Waals surface area contributed by atoms with Gasteiger partial charge in [0.15, 0.2) is 0 Å². The number of carbonyl (C=O) groups excluding carboxylic acids is 1. The number of aromatic nitrogens is 1. The molecule has 1 heterocycles. The van der Waals surface area contributed by atoms with Crippen LogP contribution in [-0.2, 0) is 0 Å². The van der Waals surface area contributed by atoms with E-state index < -0.39 is 0 Å². The molecule has 0 aliphatic carbocycles. The topological polar surface area (TPSA) is 51.2 Å². The maximum Gasteiger partial charge on any atom is 0.270 e. The van der Waals surface area contributed by atoms with E-state index in [1.165, 1.54) is 0 Å². The van der Waals surface area contributed by atoms with E-state index in [2.05, 4.69) is 10.3 Å². The van der Waals surface area contributed by atoms with E-state index in [0.717, 1.165) is 22.2 Å². The van der Waals surface area contributed by atoms with Gasteiger partial charge in [0.05, 0.1) is 18.7 Å². The molecule has 3 aromatic rings. The first-order chi connectivity index (χ1) is 11.2. The summed E-state index contributed by atoms with van der Waals surface area (Å²) >= 11 is 0. The van der Waals surface area contributed by atoms with Gasteiger partial charge >= 0.3 is 0 Å². The second-order valence-corrected chi connectivity index (χ2v) is 5.33. The second-order valence-electron chi connectivity index (χ2n) is 5.33. The monoisotopic (exact) mass is 306 g/mol. The van der Waals surface area contributed by atoms with Gasteiger partial charge in [-0.05, 0) is 25.1 Å². The van der Waals surface area contributed by atoms with Gasteiger partial charge in [-0.25, -0.2) is 4.98 Å². The molecule has 0 aliphatic rings. The predicted octanol–water partition coefficient (Wildman–Crippen LogP) is 3.73. The molecule has 0 bridgehead atoms. The number of benzene rings is 2. The number of fused-ring (bicyclic) bond motifs is 1. The van der Waals surface area contributed by atoms with Gasteiger partial charge in [-0.1, -0.05) is 42.5 Å². The Labute approximate surface area is 135 Å². The first kappa shape index (κ1) is 15.0. The molecular weight excluding hydrogens is 288 g/mol. The average molecular weight is 306 g/mol. The summed E-state index contributed by atoms with van der Waals surface area (Å²) in [6.07, 6.45) is 0. The third kappa shape index (κ3) is 3.16. The number of pyridine rings is 1. The zero-order chi connectivity index (χ0) is 16.2. The fraction of sp³-hybridized carbons (Fsp3) is 0.158. The number of ether oxygens (including phenoxy) is 1. The SMILES string of the molecule is COc1ccccc1[C@@H](C)NC(=O)c1ccc2ccccc2n1. The number of amides is 1. The lowest BCUT2D eigenvalue weighted by Gasteiger charge is -2.17. The highest BCUT2D eigenvalue weighted by atomic mass is 16.5. The van der Waals surface area contributed by atoms with Crippen molar-refractivity contribution in [1.82, 2.24) is 10.3 Å². The molecule has 3 rings (SSSR count). The molecule has 0 radical (unpaired) electrons. The second kappa shape index (κ2) is 6.48. The Balaban J connectivity index is 1.82. The van der Waals surface area contributed by atoms with E-state index in [-0.39, 0.29) is 11.9 Å². The Morgan fingerprint density at radius 3 is 2.61 bits per heavy atom. The number of hydrogen-bond donors (Lipinski definition) is 1. The highest BCUT2D eigenvalue weighted by Crippen LogP contribution is 2.24. The lowest BCUT2D eigenvalue weighted by atomic mass is 10.1. The average Bonchev–Trinajstić information content (AvgIpc) is 2.61. The van der Waals surface area contributed by atoms with Crippen molar-refractivity contribution in [1.29, 1.82) is 0 Å². The highest BCUT2D eigenvalue weighted by molar-refractivity contribution is 5.95. The molecule has 116 valence electrons. The summed E-state index contributed by atoms with van der Waals surface area (Å²) in [4.78, 5) is 16.9. The van der Waals surface area contributed by atoms with Crippen molar-refractivity contribution in [3.05, 3.63) is 71.9 Å². The number of nitrogens with one attached hydrogen (secondary N) is 1. The maximum atomic E-state index is 12.5. The highest BCUT2D eigenvalue weighted by Gasteiger charge is 2.15. The minimum absolute atomic E-state index is 0.174. The summed E-state index contributed by atoms with van der Waals surface area (Å²) in [7, 11) is 1.62. The van der Waals surface area contributed by atoms with E-state index in [0.29, 0.717) is 5.69 Å². The van der Waals surface area contributed by atoms with Gasteiger partial charge in [-0.15, -0.1) is 0 Å². The molecule has 1 amide bonds. The van der Waals surface area contributed by atoms with Crippen molar-refractivity contribution in [3.8, 4) is 5.75 Å². The summed E-state index contributed by atoms with van der Waals surface area (Å²) in [5.74, 6) is 0.556. The van der Waals surface area contributed by atoms with Crippen molar-refractivity contribution in [3.63, 3.8) is 0 Å². The number of hydrogen-bond acceptors (Lipinski definition) is 3. The Kier molecular flexibility index (Phi) is 4.24. The van der Waals surface area contributed by atoms with Crippen LogP contribution in [0.15, 0.2) is 60.7 Å². The van der Waals surface area contributed by atoms with Gasteiger partial charge in [0.25, 0.3) is 5.91 Å². The minimum atomic E-state index is -0.200. The molecule has 1 N–H and O–H groups in total. The van der Waals surface area contributed by atoms with E-state index in [1.54, 1.807) is 13.2 Å².